The fraction of sp³-hybridized carbons (Fsp3) is 0.350. The Morgan fingerprint density at radius 3 is 2.69 bits per heavy atom. The van der Waals surface area contributed by atoms with Crippen LogP contribution >= 0.6 is 23.2 Å². The number of anilines is 1. The van der Waals surface area contributed by atoms with E-state index in [4.69, 9.17) is 27.9 Å². The summed E-state index contributed by atoms with van der Waals surface area (Å²) in [6.07, 6.45) is 1.16. The van der Waals surface area contributed by atoms with Crippen LogP contribution in [-0.2, 0) is 14.8 Å². The van der Waals surface area contributed by atoms with Crippen LogP contribution < -0.4 is 10.1 Å². The van der Waals surface area contributed by atoms with Gasteiger partial charge in [0.1, 0.15) is 10.6 Å². The molecule has 9 heteroatoms. The molecule has 6 nitrogen and oxygen atoms in total. The number of carbonyl (C=O) groups is 1. The van der Waals surface area contributed by atoms with E-state index in [0.717, 1.165) is 5.56 Å². The van der Waals surface area contributed by atoms with Gasteiger partial charge in [0.25, 0.3) is 0 Å². The average molecular weight is 457 g/mol. The van der Waals surface area contributed by atoms with Gasteiger partial charge in [-0.05, 0) is 55.7 Å². The molecule has 0 saturated carbocycles. The van der Waals surface area contributed by atoms with Gasteiger partial charge in [0.05, 0.1) is 23.7 Å². The van der Waals surface area contributed by atoms with Crippen LogP contribution in [0.25, 0.3) is 0 Å². The summed E-state index contributed by atoms with van der Waals surface area (Å²) in [5.74, 6) is -0.178. The number of carbonyl (C=O) groups excluding carboxylic acids is 1. The van der Waals surface area contributed by atoms with E-state index in [-0.39, 0.29) is 27.4 Å². The smallest absolute Gasteiger partial charge is 0.244 e. The molecule has 1 aliphatic rings. The molecule has 0 radical (unpaired) electrons. The molecule has 156 valence electrons. The van der Waals surface area contributed by atoms with Crippen molar-refractivity contribution in [3.63, 3.8) is 0 Å². The summed E-state index contributed by atoms with van der Waals surface area (Å²) in [5.41, 5.74) is 1.54. The number of nitrogens with one attached hydrogen (secondary N) is 1. The highest BCUT2D eigenvalue weighted by Crippen LogP contribution is 2.31. The predicted octanol–water partition coefficient (Wildman–Crippen LogP) is 4.35. The topological polar surface area (TPSA) is 75.7 Å². The third kappa shape index (κ3) is 4.86. The number of piperidine rings is 1. The number of ether oxygens (including phenoxy) is 1. The number of sulfonamides is 1. The van der Waals surface area contributed by atoms with E-state index in [9.17, 15) is 13.2 Å². The largest absolute Gasteiger partial charge is 0.495 e. The molecule has 1 atom stereocenters. The van der Waals surface area contributed by atoms with Crippen LogP contribution in [0.4, 0.5) is 5.69 Å². The van der Waals surface area contributed by atoms with Gasteiger partial charge in [-0.25, -0.2) is 8.42 Å². The molecular formula is C20H22Cl2N2O4S. The molecule has 1 N–H and O–H groups in total. The van der Waals surface area contributed by atoms with Gasteiger partial charge >= 0.3 is 0 Å². The van der Waals surface area contributed by atoms with Crippen LogP contribution in [0.15, 0.2) is 41.3 Å². The third-order valence-corrected chi connectivity index (χ3v) is 7.46. The number of hydrogen-bond donors (Lipinski definition) is 1. The van der Waals surface area contributed by atoms with Gasteiger partial charge < -0.3 is 10.1 Å². The van der Waals surface area contributed by atoms with Crippen molar-refractivity contribution in [2.75, 3.05) is 25.5 Å². The molecule has 3 rings (SSSR count). The Kier molecular flexibility index (Phi) is 6.73. The molecule has 1 amide bonds. The van der Waals surface area contributed by atoms with E-state index >= 15 is 0 Å². The Hall–Kier alpha value is -1.80. The van der Waals surface area contributed by atoms with E-state index in [1.807, 2.05) is 19.1 Å². The minimum Gasteiger partial charge on any atom is -0.495 e. The standard InChI is InChI=1S/C20H22Cl2N2O4S/c1-13-5-8-18(28-2)17(10-13)23-20(25)14-4-3-9-24(12-14)29(26,27)19-11-15(21)6-7-16(19)22/h5-8,10-11,14H,3-4,9,12H2,1-2H3,(H,23,25)/t14-/m0/s1. The molecule has 0 aromatic heterocycles. The highest BCUT2D eigenvalue weighted by molar-refractivity contribution is 7.89. The predicted molar refractivity (Wildman–Crippen MR) is 114 cm³/mol. The maximum absolute atomic E-state index is 13.1. The van der Waals surface area contributed by atoms with Crippen LogP contribution in [0.1, 0.15) is 18.4 Å². The molecular weight excluding hydrogens is 435 g/mol. The van der Waals surface area contributed by atoms with Crippen molar-refractivity contribution in [1.29, 1.82) is 0 Å². The second-order valence-electron chi connectivity index (χ2n) is 6.97. The number of rotatable bonds is 5. The van der Waals surface area contributed by atoms with Crippen LogP contribution in [0.5, 0.6) is 5.75 Å². The monoisotopic (exact) mass is 456 g/mol. The second-order valence-corrected chi connectivity index (χ2v) is 9.72. The molecule has 2 aromatic rings. The summed E-state index contributed by atoms with van der Waals surface area (Å²) in [6.45, 7) is 2.31. The Bertz CT molecular complexity index is 1030. The molecule has 1 aliphatic heterocycles. The normalized spacial score (nSPS) is 17.7. The molecule has 0 bridgehead atoms. The van der Waals surface area contributed by atoms with E-state index in [0.29, 0.717) is 30.8 Å². The van der Waals surface area contributed by atoms with Gasteiger partial charge in [0.2, 0.25) is 15.9 Å². The molecule has 1 heterocycles. The zero-order valence-electron chi connectivity index (χ0n) is 16.1. The average Bonchev–Trinajstić information content (AvgIpc) is 2.70. The summed E-state index contributed by atoms with van der Waals surface area (Å²) in [7, 11) is -2.33. The quantitative estimate of drug-likeness (QED) is 0.725. The van der Waals surface area contributed by atoms with Crippen molar-refractivity contribution >= 4 is 44.8 Å². The fourth-order valence-electron chi connectivity index (χ4n) is 3.34. The highest BCUT2D eigenvalue weighted by Gasteiger charge is 2.34. The van der Waals surface area contributed by atoms with Gasteiger partial charge in [-0.15, -0.1) is 0 Å². The molecule has 1 fully saturated rings. The number of aryl methyl sites for hydroxylation is 1. The molecule has 0 spiro atoms. The lowest BCUT2D eigenvalue weighted by atomic mass is 9.98. The van der Waals surface area contributed by atoms with Crippen LogP contribution in [-0.4, -0.2) is 38.8 Å². The Balaban J connectivity index is 1.79. The Labute approximate surface area is 180 Å². The minimum absolute atomic E-state index is 0.0481. The van der Waals surface area contributed by atoms with Crippen molar-refractivity contribution in [2.45, 2.75) is 24.7 Å². The Morgan fingerprint density at radius 1 is 1.21 bits per heavy atom. The van der Waals surface area contributed by atoms with E-state index in [1.54, 1.807) is 6.07 Å². The number of halogens is 2. The SMILES string of the molecule is COc1ccc(C)cc1NC(=O)[C@H]1CCCN(S(=O)(=O)c2cc(Cl)ccc2Cl)C1. The first kappa shape index (κ1) is 21.9. The van der Waals surface area contributed by atoms with Crippen molar-refractivity contribution in [3.8, 4) is 5.75 Å². The van der Waals surface area contributed by atoms with Gasteiger partial charge in [0.15, 0.2) is 0 Å². The summed E-state index contributed by atoms with van der Waals surface area (Å²) in [6, 6.07) is 9.81. The Morgan fingerprint density at radius 2 is 1.97 bits per heavy atom. The van der Waals surface area contributed by atoms with Crippen molar-refractivity contribution in [3.05, 3.63) is 52.0 Å². The lowest BCUT2D eigenvalue weighted by Gasteiger charge is -2.31. The molecule has 0 unspecified atom stereocenters. The first-order valence-corrected chi connectivity index (χ1v) is 11.3. The zero-order valence-corrected chi connectivity index (χ0v) is 18.4. The molecule has 29 heavy (non-hydrogen) atoms. The van der Waals surface area contributed by atoms with Crippen molar-refractivity contribution < 1.29 is 17.9 Å². The lowest BCUT2D eigenvalue weighted by Crippen LogP contribution is -2.43. The maximum Gasteiger partial charge on any atom is 0.244 e. The van der Waals surface area contributed by atoms with Gasteiger partial charge in [-0.1, -0.05) is 29.3 Å². The number of methoxy groups -OCH3 is 1. The third-order valence-electron chi connectivity index (χ3n) is 4.88. The van der Waals surface area contributed by atoms with E-state index < -0.39 is 15.9 Å². The van der Waals surface area contributed by atoms with Crippen molar-refractivity contribution in [1.82, 2.24) is 4.31 Å². The second kappa shape index (κ2) is 8.92. The molecule has 1 saturated heterocycles. The lowest BCUT2D eigenvalue weighted by molar-refractivity contribution is -0.120. The van der Waals surface area contributed by atoms with Crippen molar-refractivity contribution in [2.24, 2.45) is 5.92 Å². The molecule has 2 aromatic carbocycles. The zero-order chi connectivity index (χ0) is 21.2. The number of hydrogen-bond acceptors (Lipinski definition) is 4. The van der Waals surface area contributed by atoms with Gasteiger partial charge in [0, 0.05) is 18.1 Å². The van der Waals surface area contributed by atoms with Crippen LogP contribution in [0.3, 0.4) is 0 Å². The number of benzene rings is 2. The van der Waals surface area contributed by atoms with Crippen LogP contribution in [0.2, 0.25) is 10.0 Å². The highest BCUT2D eigenvalue weighted by atomic mass is 35.5. The first-order chi connectivity index (χ1) is 13.7. The summed E-state index contributed by atoms with van der Waals surface area (Å²) < 4.78 is 32.7. The van der Waals surface area contributed by atoms with Crippen LogP contribution in [0, 0.1) is 12.8 Å². The fourth-order valence-corrected chi connectivity index (χ4v) is 5.60. The molecule has 0 aliphatic carbocycles. The summed E-state index contributed by atoms with van der Waals surface area (Å²) in [5, 5.41) is 3.26. The van der Waals surface area contributed by atoms with E-state index in [2.05, 4.69) is 5.32 Å². The summed E-state index contributed by atoms with van der Waals surface area (Å²) >= 11 is 12.1. The van der Waals surface area contributed by atoms with Gasteiger partial charge in [-0.3, -0.25) is 4.79 Å². The first-order valence-electron chi connectivity index (χ1n) is 9.13. The number of nitrogens with zero attached hydrogens (tertiary/aromatic N) is 1. The maximum atomic E-state index is 13.1. The minimum atomic E-state index is -3.86. The summed E-state index contributed by atoms with van der Waals surface area (Å²) in [4.78, 5) is 12.8. The van der Waals surface area contributed by atoms with E-state index in [1.165, 1.54) is 29.6 Å². The van der Waals surface area contributed by atoms with Gasteiger partial charge in [-0.2, -0.15) is 4.31 Å². The number of amides is 1.